The van der Waals surface area contributed by atoms with Crippen LogP contribution >= 0.6 is 0 Å². The normalized spacial score (nSPS) is 30.4. The van der Waals surface area contributed by atoms with Crippen molar-refractivity contribution in [2.45, 2.75) is 71.4 Å². The number of oxazole rings is 1. The van der Waals surface area contributed by atoms with Gasteiger partial charge < -0.3 is 29.3 Å². The number of hydrogen-bond acceptors (Lipinski definition) is 7. The number of ketones is 1. The van der Waals surface area contributed by atoms with Crippen molar-refractivity contribution in [3.8, 4) is 0 Å². The lowest BCUT2D eigenvalue weighted by Gasteiger charge is -2.53. The largest absolute Gasteiger partial charge is 0.478 e. The molecule has 3 aromatic rings. The molecule has 0 saturated carbocycles. The van der Waals surface area contributed by atoms with Crippen LogP contribution in [0.25, 0.3) is 11.1 Å². The number of aromatic nitrogens is 2. The van der Waals surface area contributed by atoms with Gasteiger partial charge in [0.25, 0.3) is 0 Å². The third kappa shape index (κ3) is 4.62. The molecule has 0 amide bonds. The van der Waals surface area contributed by atoms with Crippen molar-refractivity contribution in [1.29, 1.82) is 0 Å². The van der Waals surface area contributed by atoms with E-state index in [0.29, 0.717) is 34.8 Å². The SMILES string of the molecule is CNc1ccc2oc(CC3O[C@@]4(CCC3C)OC(C(C)C(=O)c3ccc[nH]3)C(C)CC4C)nc2c1C(=O)O. The van der Waals surface area contributed by atoms with Gasteiger partial charge in [0.1, 0.15) is 11.1 Å². The lowest BCUT2D eigenvalue weighted by Crippen LogP contribution is -2.58. The number of hydrogen-bond donors (Lipinski definition) is 3. The molecule has 2 fully saturated rings. The van der Waals surface area contributed by atoms with Crippen molar-refractivity contribution in [3.63, 3.8) is 0 Å². The van der Waals surface area contributed by atoms with Gasteiger partial charge in [-0.15, -0.1) is 0 Å². The molecule has 2 aromatic heterocycles. The fourth-order valence-electron chi connectivity index (χ4n) is 6.27. The van der Waals surface area contributed by atoms with Crippen molar-refractivity contribution in [2.75, 3.05) is 12.4 Å². The van der Waals surface area contributed by atoms with E-state index in [1.165, 1.54) is 0 Å². The molecule has 2 saturated heterocycles. The van der Waals surface area contributed by atoms with E-state index in [9.17, 15) is 14.7 Å². The number of carbonyl (C=O) groups excluding carboxylic acids is 1. The van der Waals surface area contributed by atoms with Crippen LogP contribution in [0.2, 0.25) is 0 Å². The Balaban J connectivity index is 1.39. The Morgan fingerprint density at radius 2 is 2.00 bits per heavy atom. The second kappa shape index (κ2) is 10.2. The first-order chi connectivity index (χ1) is 18.1. The smallest absolute Gasteiger partial charge is 0.340 e. The molecule has 9 nitrogen and oxygen atoms in total. The Bertz CT molecular complexity index is 1320. The van der Waals surface area contributed by atoms with E-state index >= 15 is 0 Å². The van der Waals surface area contributed by atoms with Gasteiger partial charge in [-0.2, -0.15) is 0 Å². The quantitative estimate of drug-likeness (QED) is 0.345. The third-order valence-corrected chi connectivity index (χ3v) is 8.54. The summed E-state index contributed by atoms with van der Waals surface area (Å²) < 4.78 is 19.6. The summed E-state index contributed by atoms with van der Waals surface area (Å²) in [6.07, 6.45) is 4.22. The highest BCUT2D eigenvalue weighted by Crippen LogP contribution is 2.48. The van der Waals surface area contributed by atoms with Crippen LogP contribution in [0.5, 0.6) is 0 Å². The Morgan fingerprint density at radius 1 is 1.21 bits per heavy atom. The van der Waals surface area contributed by atoms with Gasteiger partial charge in [0.2, 0.25) is 0 Å². The number of nitrogens with zero attached hydrogens (tertiary/aromatic N) is 1. The number of carboxylic acids is 1. The number of rotatable bonds is 7. The predicted octanol–water partition coefficient (Wildman–Crippen LogP) is 5.53. The minimum atomic E-state index is -1.06. The number of fused-ring (bicyclic) bond motifs is 1. The van der Waals surface area contributed by atoms with Crippen LogP contribution in [0, 0.1) is 23.7 Å². The molecule has 1 spiro atoms. The summed E-state index contributed by atoms with van der Waals surface area (Å²) in [5, 5.41) is 12.7. The molecule has 7 atom stereocenters. The summed E-state index contributed by atoms with van der Waals surface area (Å²) in [6, 6.07) is 7.05. The minimum Gasteiger partial charge on any atom is -0.478 e. The lowest BCUT2D eigenvalue weighted by atomic mass is 9.75. The van der Waals surface area contributed by atoms with Gasteiger partial charge in [-0.25, -0.2) is 9.78 Å². The Hall–Kier alpha value is -3.17. The predicted molar refractivity (Wildman–Crippen MR) is 142 cm³/mol. The number of anilines is 1. The number of ether oxygens (including phenoxy) is 2. The van der Waals surface area contributed by atoms with E-state index in [2.05, 4.69) is 36.1 Å². The number of carboxylic acid groups (broad SMARTS) is 1. The van der Waals surface area contributed by atoms with Gasteiger partial charge in [-0.1, -0.05) is 27.7 Å². The van der Waals surface area contributed by atoms with E-state index in [1.54, 1.807) is 31.4 Å². The molecule has 4 heterocycles. The summed E-state index contributed by atoms with van der Waals surface area (Å²) in [5.41, 5.74) is 1.93. The topological polar surface area (TPSA) is 127 Å². The zero-order valence-electron chi connectivity index (χ0n) is 22.6. The molecule has 5 rings (SSSR count). The monoisotopic (exact) mass is 523 g/mol. The fourth-order valence-corrected chi connectivity index (χ4v) is 6.27. The molecule has 0 bridgehead atoms. The van der Waals surface area contributed by atoms with Crippen LogP contribution in [0.15, 0.2) is 34.9 Å². The second-order valence-corrected chi connectivity index (χ2v) is 11.1. The lowest BCUT2D eigenvalue weighted by molar-refractivity contribution is -0.355. The van der Waals surface area contributed by atoms with Gasteiger partial charge in [0.15, 0.2) is 23.0 Å². The summed E-state index contributed by atoms with van der Waals surface area (Å²) >= 11 is 0. The van der Waals surface area contributed by atoms with E-state index in [0.717, 1.165) is 19.3 Å². The molecule has 1 aromatic carbocycles. The number of H-pyrrole nitrogens is 1. The van der Waals surface area contributed by atoms with E-state index < -0.39 is 11.8 Å². The van der Waals surface area contributed by atoms with Gasteiger partial charge in [0.05, 0.1) is 30.0 Å². The van der Waals surface area contributed by atoms with Gasteiger partial charge >= 0.3 is 5.97 Å². The standard InChI is InChI=1S/C29H37N3O6/c1-15-10-11-29(17(3)13-16(2)27(38-29)18(4)26(33)20-7-6-12-31-20)37-22(15)14-23-32-25-21(36-23)9-8-19(30-5)24(25)28(34)35/h6-9,12,15-18,22,27,30-31H,10-11,13-14H2,1-5H3,(H,34,35)/t15?,16?,17?,18?,22?,27?,29-/m0/s1. The number of nitrogens with one attached hydrogen (secondary N) is 2. The zero-order chi connectivity index (χ0) is 27.2. The Morgan fingerprint density at radius 3 is 2.68 bits per heavy atom. The Kier molecular flexibility index (Phi) is 7.09. The Labute approximate surface area is 222 Å². The maximum absolute atomic E-state index is 13.1. The number of aromatic amines is 1. The van der Waals surface area contributed by atoms with E-state index in [4.69, 9.17) is 13.9 Å². The molecule has 3 N–H and O–H groups in total. The first-order valence-corrected chi connectivity index (χ1v) is 13.5. The first-order valence-electron chi connectivity index (χ1n) is 13.5. The van der Waals surface area contributed by atoms with Crippen LogP contribution < -0.4 is 5.32 Å². The van der Waals surface area contributed by atoms with Gasteiger partial charge in [-0.05, 0) is 48.9 Å². The maximum atomic E-state index is 13.1. The molecule has 2 aliphatic heterocycles. The maximum Gasteiger partial charge on any atom is 0.340 e. The molecule has 38 heavy (non-hydrogen) atoms. The molecule has 0 radical (unpaired) electrons. The minimum absolute atomic E-state index is 0.0407. The first kappa shape index (κ1) is 26.4. The van der Waals surface area contributed by atoms with Crippen LogP contribution in [0.4, 0.5) is 5.69 Å². The van der Waals surface area contributed by atoms with Crippen molar-refractivity contribution in [2.24, 2.45) is 23.7 Å². The third-order valence-electron chi connectivity index (χ3n) is 8.54. The summed E-state index contributed by atoms with van der Waals surface area (Å²) in [5.74, 6) is -1.11. The van der Waals surface area contributed by atoms with Crippen LogP contribution in [0.3, 0.4) is 0 Å². The fraction of sp³-hybridized carbons (Fsp3) is 0.552. The van der Waals surface area contributed by atoms with Crippen molar-refractivity contribution in [1.82, 2.24) is 9.97 Å². The number of Topliss-reactive ketones (excluding diaryl/α,β-unsaturated/α-hetero) is 1. The molecule has 6 unspecified atom stereocenters. The zero-order valence-corrected chi connectivity index (χ0v) is 22.6. The van der Waals surface area contributed by atoms with Gasteiger partial charge in [0, 0.05) is 31.5 Å². The average molecular weight is 524 g/mol. The number of carbonyl (C=O) groups is 2. The van der Waals surface area contributed by atoms with Gasteiger partial charge in [-0.3, -0.25) is 4.79 Å². The van der Waals surface area contributed by atoms with Crippen LogP contribution in [0.1, 0.15) is 73.7 Å². The summed E-state index contributed by atoms with van der Waals surface area (Å²) in [6.45, 7) is 8.39. The van der Waals surface area contributed by atoms with Crippen molar-refractivity contribution >= 4 is 28.5 Å². The molecule has 9 heteroatoms. The number of benzene rings is 1. The van der Waals surface area contributed by atoms with Crippen LogP contribution in [-0.4, -0.2) is 51.9 Å². The molecular formula is C29H37N3O6. The van der Waals surface area contributed by atoms with Crippen molar-refractivity contribution < 1.29 is 28.6 Å². The summed E-state index contributed by atoms with van der Waals surface area (Å²) in [4.78, 5) is 32.7. The highest BCUT2D eigenvalue weighted by atomic mass is 16.7. The van der Waals surface area contributed by atoms with Crippen LogP contribution in [-0.2, 0) is 15.9 Å². The molecule has 2 aliphatic rings. The molecule has 204 valence electrons. The van der Waals surface area contributed by atoms with Crippen molar-refractivity contribution in [3.05, 3.63) is 47.6 Å². The highest BCUT2D eigenvalue weighted by molar-refractivity contribution is 6.06. The second-order valence-electron chi connectivity index (χ2n) is 11.1. The number of aromatic carboxylic acids is 1. The molecular weight excluding hydrogens is 486 g/mol. The summed E-state index contributed by atoms with van der Waals surface area (Å²) in [7, 11) is 1.68. The van der Waals surface area contributed by atoms with E-state index in [1.807, 2.05) is 13.0 Å². The average Bonchev–Trinajstić information content (AvgIpc) is 3.57. The highest BCUT2D eigenvalue weighted by Gasteiger charge is 2.52. The molecule has 0 aliphatic carbocycles. The van der Waals surface area contributed by atoms with E-state index in [-0.39, 0.29) is 47.2 Å².